The van der Waals surface area contributed by atoms with Gasteiger partial charge in [-0.2, -0.15) is 0 Å². The van der Waals surface area contributed by atoms with Crippen molar-refractivity contribution in [2.45, 2.75) is 39.6 Å². The molecule has 2 fully saturated rings. The Kier molecular flexibility index (Phi) is 3.39. The standard InChI is InChI=1S/C14H16Br2O2S/c1-14-10(7-8-11(15)12(14)16)13(14)19(17,18)9-5-3-2-4-6-9/h2-6,10-13H,7-8H2,1H3. The fourth-order valence-electron chi connectivity index (χ4n) is 3.59. The van der Waals surface area contributed by atoms with Gasteiger partial charge in [-0.15, -0.1) is 0 Å². The van der Waals surface area contributed by atoms with Crippen LogP contribution in [0.25, 0.3) is 0 Å². The Morgan fingerprint density at radius 1 is 1.16 bits per heavy atom. The van der Waals surface area contributed by atoms with Gasteiger partial charge in [0.15, 0.2) is 9.84 Å². The predicted octanol–water partition coefficient (Wildman–Crippen LogP) is 3.79. The van der Waals surface area contributed by atoms with Gasteiger partial charge in [-0.3, -0.25) is 0 Å². The van der Waals surface area contributed by atoms with Crippen molar-refractivity contribution in [2.24, 2.45) is 11.3 Å². The normalized spacial score (nSPS) is 41.6. The van der Waals surface area contributed by atoms with Crippen LogP contribution in [-0.4, -0.2) is 23.3 Å². The Morgan fingerprint density at radius 3 is 2.42 bits per heavy atom. The Morgan fingerprint density at radius 2 is 1.79 bits per heavy atom. The third kappa shape index (κ3) is 1.95. The number of fused-ring (bicyclic) bond motifs is 1. The second-order valence-electron chi connectivity index (χ2n) is 5.75. The summed E-state index contributed by atoms with van der Waals surface area (Å²) in [5, 5.41) is -0.241. The summed E-state index contributed by atoms with van der Waals surface area (Å²) in [4.78, 5) is 1.05. The van der Waals surface area contributed by atoms with E-state index in [2.05, 4.69) is 38.8 Å². The molecule has 2 aliphatic carbocycles. The van der Waals surface area contributed by atoms with Crippen LogP contribution >= 0.6 is 31.9 Å². The Balaban J connectivity index is 1.98. The van der Waals surface area contributed by atoms with Gasteiger partial charge in [0.2, 0.25) is 0 Å². The number of hydrogen-bond acceptors (Lipinski definition) is 2. The van der Waals surface area contributed by atoms with Crippen LogP contribution in [0.5, 0.6) is 0 Å². The van der Waals surface area contributed by atoms with E-state index in [1.165, 1.54) is 0 Å². The van der Waals surface area contributed by atoms with Crippen LogP contribution in [0.2, 0.25) is 0 Å². The van der Waals surface area contributed by atoms with Gasteiger partial charge in [0.05, 0.1) is 10.1 Å². The van der Waals surface area contributed by atoms with Gasteiger partial charge in [-0.25, -0.2) is 8.42 Å². The summed E-state index contributed by atoms with van der Waals surface area (Å²) in [5.41, 5.74) is -0.138. The minimum atomic E-state index is -3.21. The molecule has 3 rings (SSSR count). The highest BCUT2D eigenvalue weighted by atomic mass is 79.9. The average Bonchev–Trinajstić information content (AvgIpc) is 3.03. The van der Waals surface area contributed by atoms with Crippen LogP contribution in [0.15, 0.2) is 35.2 Å². The third-order valence-corrected chi connectivity index (χ3v) is 10.5. The zero-order valence-electron chi connectivity index (χ0n) is 10.6. The summed E-state index contributed by atoms with van der Waals surface area (Å²) in [6.45, 7) is 2.11. The number of rotatable bonds is 2. The molecule has 0 saturated heterocycles. The average molecular weight is 408 g/mol. The summed E-state index contributed by atoms with van der Waals surface area (Å²) >= 11 is 7.38. The van der Waals surface area contributed by atoms with Crippen LogP contribution in [0, 0.1) is 11.3 Å². The molecule has 0 N–H and O–H groups in total. The monoisotopic (exact) mass is 406 g/mol. The highest BCUT2D eigenvalue weighted by Gasteiger charge is 2.72. The molecule has 104 valence electrons. The maximum absolute atomic E-state index is 12.8. The molecule has 2 aliphatic rings. The van der Waals surface area contributed by atoms with Crippen molar-refractivity contribution in [1.82, 2.24) is 0 Å². The molecule has 1 aromatic carbocycles. The Labute approximate surface area is 131 Å². The van der Waals surface area contributed by atoms with Crippen LogP contribution in [0.1, 0.15) is 19.8 Å². The molecule has 2 nitrogen and oxygen atoms in total. The largest absolute Gasteiger partial charge is 0.223 e. The molecule has 0 radical (unpaired) electrons. The summed E-state index contributed by atoms with van der Waals surface area (Å²) in [6.07, 6.45) is 2.03. The molecular formula is C14H16Br2O2S. The summed E-state index contributed by atoms with van der Waals surface area (Å²) in [7, 11) is -3.21. The third-order valence-electron chi connectivity index (χ3n) is 4.74. The number of hydrogen-bond donors (Lipinski definition) is 0. The second-order valence-corrected chi connectivity index (χ2v) is 9.98. The fourth-order valence-corrected chi connectivity index (χ4v) is 8.09. The highest BCUT2D eigenvalue weighted by molar-refractivity contribution is 9.12. The Bertz CT molecular complexity index is 587. The van der Waals surface area contributed by atoms with E-state index < -0.39 is 9.84 Å². The van der Waals surface area contributed by atoms with Crippen molar-refractivity contribution in [1.29, 1.82) is 0 Å². The summed E-state index contributed by atoms with van der Waals surface area (Å²) in [6, 6.07) is 8.85. The van der Waals surface area contributed by atoms with E-state index >= 15 is 0 Å². The van der Waals surface area contributed by atoms with Gasteiger partial charge in [0.1, 0.15) is 0 Å². The van der Waals surface area contributed by atoms with E-state index in [9.17, 15) is 8.42 Å². The zero-order valence-corrected chi connectivity index (χ0v) is 14.6. The summed E-state index contributed by atoms with van der Waals surface area (Å²) < 4.78 is 25.6. The molecule has 0 aromatic heterocycles. The van der Waals surface area contributed by atoms with Crippen molar-refractivity contribution in [3.05, 3.63) is 30.3 Å². The van der Waals surface area contributed by atoms with Crippen molar-refractivity contribution in [3.63, 3.8) is 0 Å². The van der Waals surface area contributed by atoms with Gasteiger partial charge >= 0.3 is 0 Å². The minimum absolute atomic E-state index is 0.138. The molecular weight excluding hydrogens is 392 g/mol. The lowest BCUT2D eigenvalue weighted by Crippen LogP contribution is -2.31. The molecule has 5 unspecified atom stereocenters. The van der Waals surface area contributed by atoms with Crippen molar-refractivity contribution in [2.75, 3.05) is 0 Å². The SMILES string of the molecule is CC12C(Br)C(Br)CCC1C2S(=O)(=O)c1ccccc1. The van der Waals surface area contributed by atoms with E-state index in [1.807, 2.05) is 6.07 Å². The first kappa shape index (κ1) is 14.1. The van der Waals surface area contributed by atoms with Gasteiger partial charge < -0.3 is 0 Å². The van der Waals surface area contributed by atoms with Crippen LogP contribution < -0.4 is 0 Å². The summed E-state index contributed by atoms with van der Waals surface area (Å²) in [5.74, 6) is 0.288. The van der Waals surface area contributed by atoms with E-state index in [-0.39, 0.29) is 21.4 Å². The molecule has 1 aromatic rings. The Hall–Kier alpha value is 0.130. The fraction of sp³-hybridized carbons (Fsp3) is 0.571. The van der Waals surface area contributed by atoms with Crippen molar-refractivity contribution < 1.29 is 8.42 Å². The second kappa shape index (κ2) is 4.57. The van der Waals surface area contributed by atoms with Gasteiger partial charge in [-0.1, -0.05) is 57.0 Å². The lowest BCUT2D eigenvalue weighted by Gasteiger charge is -2.28. The number of benzene rings is 1. The molecule has 2 saturated carbocycles. The maximum atomic E-state index is 12.8. The molecule has 5 heteroatoms. The van der Waals surface area contributed by atoms with Crippen LogP contribution in [-0.2, 0) is 9.84 Å². The number of sulfone groups is 1. The maximum Gasteiger partial charge on any atom is 0.182 e. The highest BCUT2D eigenvalue weighted by Crippen LogP contribution is 2.67. The molecule has 0 aliphatic heterocycles. The first-order chi connectivity index (χ1) is 8.90. The van der Waals surface area contributed by atoms with Crippen LogP contribution in [0.4, 0.5) is 0 Å². The van der Waals surface area contributed by atoms with Crippen molar-refractivity contribution >= 4 is 41.7 Å². The first-order valence-electron chi connectivity index (χ1n) is 6.47. The quantitative estimate of drug-likeness (QED) is 0.699. The van der Waals surface area contributed by atoms with Crippen molar-refractivity contribution in [3.8, 4) is 0 Å². The lowest BCUT2D eigenvalue weighted by molar-refractivity contribution is 0.396. The molecule has 5 atom stereocenters. The van der Waals surface area contributed by atoms with Gasteiger partial charge in [0.25, 0.3) is 0 Å². The zero-order chi connectivity index (χ0) is 13.8. The van der Waals surface area contributed by atoms with Crippen LogP contribution in [0.3, 0.4) is 0 Å². The first-order valence-corrected chi connectivity index (χ1v) is 9.85. The predicted molar refractivity (Wildman–Crippen MR) is 83.7 cm³/mol. The minimum Gasteiger partial charge on any atom is -0.223 e. The number of halogens is 2. The van der Waals surface area contributed by atoms with Gasteiger partial charge in [0, 0.05) is 15.1 Å². The van der Waals surface area contributed by atoms with E-state index in [4.69, 9.17) is 0 Å². The molecule has 19 heavy (non-hydrogen) atoms. The van der Waals surface area contributed by atoms with Gasteiger partial charge in [-0.05, 0) is 30.9 Å². The number of alkyl halides is 2. The topological polar surface area (TPSA) is 34.1 Å². The van der Waals surface area contributed by atoms with E-state index in [1.54, 1.807) is 24.3 Å². The van der Waals surface area contributed by atoms with E-state index in [0.29, 0.717) is 9.72 Å². The smallest absolute Gasteiger partial charge is 0.182 e. The molecule has 0 amide bonds. The molecule has 0 bridgehead atoms. The molecule has 0 heterocycles. The molecule has 0 spiro atoms. The lowest BCUT2D eigenvalue weighted by atomic mass is 9.90. The van der Waals surface area contributed by atoms with E-state index in [0.717, 1.165) is 12.8 Å².